The molecular weight excluding hydrogens is 441 g/mol. The van der Waals surface area contributed by atoms with Crippen LogP contribution < -0.4 is 10.1 Å². The van der Waals surface area contributed by atoms with E-state index in [1.54, 1.807) is 7.05 Å². The van der Waals surface area contributed by atoms with Crippen LogP contribution in [0.3, 0.4) is 0 Å². The van der Waals surface area contributed by atoms with Gasteiger partial charge >= 0.3 is 0 Å². The van der Waals surface area contributed by atoms with E-state index in [1.165, 1.54) is 6.26 Å². The second-order valence-corrected chi connectivity index (χ2v) is 7.65. The van der Waals surface area contributed by atoms with Gasteiger partial charge in [-0.1, -0.05) is 12.1 Å². The highest BCUT2D eigenvalue weighted by Crippen LogP contribution is 2.13. The first-order valence-corrected chi connectivity index (χ1v) is 9.73. The van der Waals surface area contributed by atoms with Crippen LogP contribution in [0.15, 0.2) is 29.3 Å². The summed E-state index contributed by atoms with van der Waals surface area (Å²) in [5.41, 5.74) is 1.15. The van der Waals surface area contributed by atoms with Gasteiger partial charge in [-0.2, -0.15) is 0 Å². The standard InChI is InChI=1S/C16H27N3O3S.HI/c1-5-22-15-9-7-14(8-10-15)13-19(3)16(17-2)18-11-6-12-23(4,20)21;/h7-10H,5-6,11-13H2,1-4H3,(H,17,18);1H. The van der Waals surface area contributed by atoms with Crippen LogP contribution in [0.1, 0.15) is 18.9 Å². The Balaban J connectivity index is 0.00000529. The first-order valence-electron chi connectivity index (χ1n) is 7.67. The van der Waals surface area contributed by atoms with Crippen LogP contribution in [0.2, 0.25) is 0 Å². The van der Waals surface area contributed by atoms with Crippen LogP contribution in [0.4, 0.5) is 0 Å². The summed E-state index contributed by atoms with van der Waals surface area (Å²) in [6.07, 6.45) is 1.81. The lowest BCUT2D eigenvalue weighted by Crippen LogP contribution is -2.39. The molecule has 6 nitrogen and oxygen atoms in total. The van der Waals surface area contributed by atoms with Crippen LogP contribution in [0.25, 0.3) is 0 Å². The Kier molecular flexibility index (Phi) is 11.0. The number of aliphatic imine (C=N–C) groups is 1. The van der Waals surface area contributed by atoms with Gasteiger partial charge in [-0.3, -0.25) is 4.99 Å². The van der Waals surface area contributed by atoms with Gasteiger partial charge in [0.2, 0.25) is 0 Å². The maximum absolute atomic E-state index is 11.1. The number of rotatable bonds is 8. The van der Waals surface area contributed by atoms with E-state index in [0.717, 1.165) is 17.3 Å². The molecule has 1 rings (SSSR count). The van der Waals surface area contributed by atoms with Gasteiger partial charge in [0.15, 0.2) is 5.96 Å². The minimum Gasteiger partial charge on any atom is -0.494 e. The average molecular weight is 469 g/mol. The van der Waals surface area contributed by atoms with Crippen molar-refractivity contribution in [2.45, 2.75) is 19.9 Å². The van der Waals surface area contributed by atoms with Gasteiger partial charge in [0.25, 0.3) is 0 Å². The summed E-state index contributed by atoms with van der Waals surface area (Å²) in [4.78, 5) is 6.22. The third kappa shape index (κ3) is 9.31. The smallest absolute Gasteiger partial charge is 0.193 e. The van der Waals surface area contributed by atoms with Crippen molar-refractivity contribution in [2.75, 3.05) is 39.3 Å². The van der Waals surface area contributed by atoms with E-state index >= 15 is 0 Å². The highest BCUT2D eigenvalue weighted by atomic mass is 127. The molecule has 0 spiro atoms. The number of hydrogen-bond donors (Lipinski definition) is 1. The van der Waals surface area contributed by atoms with E-state index in [2.05, 4.69) is 10.3 Å². The van der Waals surface area contributed by atoms with E-state index < -0.39 is 9.84 Å². The van der Waals surface area contributed by atoms with Crippen molar-refractivity contribution < 1.29 is 13.2 Å². The average Bonchev–Trinajstić information content (AvgIpc) is 2.48. The summed E-state index contributed by atoms with van der Waals surface area (Å²) in [7, 11) is 0.751. The SMILES string of the molecule is CCOc1ccc(CN(C)C(=NC)NCCCS(C)(=O)=O)cc1.I. The summed E-state index contributed by atoms with van der Waals surface area (Å²) < 4.78 is 27.7. The Morgan fingerprint density at radius 2 is 1.92 bits per heavy atom. The number of nitrogens with one attached hydrogen (secondary N) is 1. The number of ether oxygens (including phenoxy) is 1. The van der Waals surface area contributed by atoms with Gasteiger partial charge in [-0.25, -0.2) is 8.42 Å². The zero-order chi connectivity index (χ0) is 17.3. The lowest BCUT2D eigenvalue weighted by molar-refractivity contribution is 0.340. The molecule has 1 aromatic rings. The highest BCUT2D eigenvalue weighted by molar-refractivity contribution is 14.0. The number of guanidine groups is 1. The largest absolute Gasteiger partial charge is 0.494 e. The molecule has 8 heteroatoms. The molecule has 1 N–H and O–H groups in total. The van der Waals surface area contributed by atoms with Crippen molar-refractivity contribution in [3.8, 4) is 5.75 Å². The van der Waals surface area contributed by atoms with Gasteiger partial charge in [0.1, 0.15) is 15.6 Å². The van der Waals surface area contributed by atoms with Gasteiger partial charge in [-0.05, 0) is 31.0 Å². The fraction of sp³-hybridized carbons (Fsp3) is 0.562. The molecule has 0 aliphatic heterocycles. The van der Waals surface area contributed by atoms with Crippen LogP contribution in [0.5, 0.6) is 5.75 Å². The molecular formula is C16H28IN3O3S. The molecule has 0 unspecified atom stereocenters. The van der Waals surface area contributed by atoms with Crippen molar-refractivity contribution in [1.82, 2.24) is 10.2 Å². The zero-order valence-electron chi connectivity index (χ0n) is 14.8. The van der Waals surface area contributed by atoms with Crippen LogP contribution in [0, 0.1) is 0 Å². The third-order valence-corrected chi connectivity index (χ3v) is 4.23. The number of sulfone groups is 1. The van der Waals surface area contributed by atoms with Gasteiger partial charge < -0.3 is 15.0 Å². The van der Waals surface area contributed by atoms with E-state index in [1.807, 2.05) is 43.1 Å². The predicted molar refractivity (Wildman–Crippen MR) is 110 cm³/mol. The van der Waals surface area contributed by atoms with E-state index in [0.29, 0.717) is 26.1 Å². The topological polar surface area (TPSA) is 71.0 Å². The van der Waals surface area contributed by atoms with Crippen molar-refractivity contribution in [3.63, 3.8) is 0 Å². The maximum atomic E-state index is 11.1. The van der Waals surface area contributed by atoms with E-state index in [-0.39, 0.29) is 29.7 Å². The Morgan fingerprint density at radius 3 is 2.42 bits per heavy atom. The monoisotopic (exact) mass is 469 g/mol. The first kappa shape index (κ1) is 23.0. The zero-order valence-corrected chi connectivity index (χ0v) is 17.9. The minimum atomic E-state index is -2.91. The summed E-state index contributed by atoms with van der Waals surface area (Å²) >= 11 is 0. The molecule has 0 amide bonds. The molecule has 0 atom stereocenters. The summed E-state index contributed by atoms with van der Waals surface area (Å²) in [5, 5.41) is 3.18. The van der Waals surface area contributed by atoms with E-state index in [4.69, 9.17) is 4.74 Å². The molecule has 138 valence electrons. The molecule has 0 aliphatic rings. The lowest BCUT2D eigenvalue weighted by Gasteiger charge is -2.22. The molecule has 24 heavy (non-hydrogen) atoms. The van der Waals surface area contributed by atoms with E-state index in [9.17, 15) is 8.42 Å². The van der Waals surface area contributed by atoms with Crippen molar-refractivity contribution >= 4 is 39.8 Å². The number of halogens is 1. The molecule has 0 heterocycles. The number of hydrogen-bond acceptors (Lipinski definition) is 4. The predicted octanol–water partition coefficient (Wildman–Crippen LogP) is 2.15. The molecule has 1 aromatic carbocycles. The van der Waals surface area contributed by atoms with Gasteiger partial charge in [0.05, 0.1) is 12.4 Å². The third-order valence-electron chi connectivity index (χ3n) is 3.20. The summed E-state index contributed by atoms with van der Waals surface area (Å²) in [6, 6.07) is 7.96. The molecule has 0 bridgehead atoms. The number of benzene rings is 1. The fourth-order valence-electron chi connectivity index (χ4n) is 2.13. The fourth-order valence-corrected chi connectivity index (χ4v) is 2.79. The lowest BCUT2D eigenvalue weighted by atomic mass is 10.2. The number of nitrogens with zero attached hydrogens (tertiary/aromatic N) is 2. The minimum absolute atomic E-state index is 0. The molecule has 0 saturated heterocycles. The molecule has 0 saturated carbocycles. The van der Waals surface area contributed by atoms with Gasteiger partial charge in [0, 0.05) is 33.4 Å². The van der Waals surface area contributed by atoms with Crippen LogP contribution in [-0.4, -0.2) is 58.5 Å². The Labute approximate surface area is 162 Å². The second-order valence-electron chi connectivity index (χ2n) is 5.39. The van der Waals surface area contributed by atoms with Crippen molar-refractivity contribution in [2.24, 2.45) is 4.99 Å². The molecule has 0 aromatic heterocycles. The Morgan fingerprint density at radius 1 is 1.29 bits per heavy atom. The normalized spacial score (nSPS) is 11.6. The van der Waals surface area contributed by atoms with Crippen molar-refractivity contribution in [1.29, 1.82) is 0 Å². The summed E-state index contributed by atoms with van der Waals surface area (Å²) in [5.74, 6) is 1.79. The molecule has 0 aliphatic carbocycles. The molecule has 0 radical (unpaired) electrons. The first-order chi connectivity index (χ1) is 10.9. The maximum Gasteiger partial charge on any atom is 0.193 e. The quantitative estimate of drug-likeness (QED) is 0.274. The van der Waals surface area contributed by atoms with Crippen LogP contribution >= 0.6 is 24.0 Å². The highest BCUT2D eigenvalue weighted by Gasteiger charge is 2.07. The Hall–Kier alpha value is -1.03. The van der Waals surface area contributed by atoms with Gasteiger partial charge in [-0.15, -0.1) is 24.0 Å². The summed E-state index contributed by atoms with van der Waals surface area (Å²) in [6.45, 7) is 3.90. The second kappa shape index (κ2) is 11.5. The molecule has 0 fully saturated rings. The Bertz CT molecular complexity index is 603. The van der Waals surface area contributed by atoms with Crippen molar-refractivity contribution in [3.05, 3.63) is 29.8 Å². The van der Waals surface area contributed by atoms with Crippen LogP contribution in [-0.2, 0) is 16.4 Å².